The van der Waals surface area contributed by atoms with Gasteiger partial charge in [-0.1, -0.05) is 36.4 Å². The predicted octanol–water partition coefficient (Wildman–Crippen LogP) is 6.55. The first-order valence-corrected chi connectivity index (χ1v) is 12.3. The van der Waals surface area contributed by atoms with Crippen LogP contribution in [0.25, 0.3) is 11.1 Å². The van der Waals surface area contributed by atoms with Crippen molar-refractivity contribution < 1.29 is 13.6 Å². The molecule has 0 aromatic heterocycles. The van der Waals surface area contributed by atoms with Gasteiger partial charge < -0.3 is 5.32 Å². The first kappa shape index (κ1) is 22.5. The first-order chi connectivity index (χ1) is 14.9. The average molecular weight is 444 g/mol. The van der Waals surface area contributed by atoms with Crippen molar-refractivity contribution in [1.29, 1.82) is 0 Å². The average Bonchev–Trinajstić information content (AvgIpc) is 2.78. The summed E-state index contributed by atoms with van der Waals surface area (Å²) >= 11 is 1.91. The van der Waals surface area contributed by atoms with E-state index >= 15 is 0 Å². The van der Waals surface area contributed by atoms with Gasteiger partial charge in [-0.3, -0.25) is 4.79 Å². The summed E-state index contributed by atoms with van der Waals surface area (Å²) in [6, 6.07) is 16.6. The molecule has 5 heteroatoms. The molecule has 2 fully saturated rings. The van der Waals surface area contributed by atoms with Crippen LogP contribution in [0.3, 0.4) is 0 Å². The number of thioether (sulfide) groups is 1. The standard InChI is InChI=1S/C26H31F2NOS/c1-18(30)25-16-26(27,28)13-10-24(25)23-5-3-2-4-22(23)20-6-8-21(9-7-20)31-17-19-11-14-29-15-12-19/h2-9,19,24-25,29H,10-17H2,1H3/t24-,25-/m0/s1. The fraction of sp³-hybridized carbons (Fsp3) is 0.500. The topological polar surface area (TPSA) is 29.1 Å². The van der Waals surface area contributed by atoms with Gasteiger partial charge >= 0.3 is 0 Å². The van der Waals surface area contributed by atoms with Crippen molar-refractivity contribution in [3.8, 4) is 11.1 Å². The number of nitrogens with one attached hydrogen (secondary N) is 1. The normalized spacial score (nSPS) is 24.1. The fourth-order valence-electron chi connectivity index (χ4n) is 5.01. The van der Waals surface area contributed by atoms with Crippen LogP contribution in [0.15, 0.2) is 53.4 Å². The maximum absolute atomic E-state index is 14.0. The molecule has 31 heavy (non-hydrogen) atoms. The van der Waals surface area contributed by atoms with Gasteiger partial charge in [0.25, 0.3) is 0 Å². The van der Waals surface area contributed by atoms with E-state index in [2.05, 4.69) is 35.6 Å². The second-order valence-corrected chi connectivity index (χ2v) is 10.1. The molecule has 2 aromatic carbocycles. The third-order valence-electron chi connectivity index (χ3n) is 6.82. The zero-order chi connectivity index (χ0) is 21.8. The lowest BCUT2D eigenvalue weighted by molar-refractivity contribution is -0.129. The first-order valence-electron chi connectivity index (χ1n) is 11.3. The molecule has 1 aliphatic carbocycles. The third kappa shape index (κ3) is 5.56. The summed E-state index contributed by atoms with van der Waals surface area (Å²) in [7, 11) is 0. The summed E-state index contributed by atoms with van der Waals surface area (Å²) in [5, 5.41) is 3.41. The van der Waals surface area contributed by atoms with E-state index in [9.17, 15) is 13.6 Å². The molecule has 0 radical (unpaired) electrons. The van der Waals surface area contributed by atoms with Crippen LogP contribution >= 0.6 is 11.8 Å². The molecule has 166 valence electrons. The molecule has 2 aromatic rings. The van der Waals surface area contributed by atoms with Gasteiger partial charge in [0.1, 0.15) is 5.78 Å². The molecule has 2 aliphatic rings. The highest BCUT2D eigenvalue weighted by Gasteiger charge is 2.44. The SMILES string of the molecule is CC(=O)[C@@H]1CC(F)(F)CC[C@H]1c1ccccc1-c1ccc(SCC2CCNCC2)cc1. The van der Waals surface area contributed by atoms with Crippen LogP contribution in [0.5, 0.6) is 0 Å². The molecule has 0 spiro atoms. The number of alkyl halides is 2. The van der Waals surface area contributed by atoms with Gasteiger partial charge in [0, 0.05) is 29.4 Å². The van der Waals surface area contributed by atoms with E-state index in [4.69, 9.17) is 0 Å². The van der Waals surface area contributed by atoms with E-state index in [1.807, 2.05) is 30.0 Å². The summed E-state index contributed by atoms with van der Waals surface area (Å²) in [5.74, 6) is -1.72. The number of piperidine rings is 1. The molecule has 1 saturated heterocycles. The van der Waals surface area contributed by atoms with E-state index in [0.29, 0.717) is 6.42 Å². The monoisotopic (exact) mass is 443 g/mol. The Labute approximate surface area is 188 Å². The Balaban J connectivity index is 1.52. The van der Waals surface area contributed by atoms with E-state index in [-0.39, 0.29) is 24.5 Å². The number of ketones is 1. The molecule has 1 aliphatic heterocycles. The molecule has 1 N–H and O–H groups in total. The van der Waals surface area contributed by atoms with E-state index in [0.717, 1.165) is 41.5 Å². The molecular weight excluding hydrogens is 412 g/mol. The third-order valence-corrected chi connectivity index (χ3v) is 8.06. The minimum absolute atomic E-state index is 0.135. The van der Waals surface area contributed by atoms with Crippen molar-refractivity contribution in [3.05, 3.63) is 54.1 Å². The summed E-state index contributed by atoms with van der Waals surface area (Å²) in [6.07, 6.45) is 2.35. The number of halogens is 2. The molecule has 1 heterocycles. The van der Waals surface area contributed by atoms with Crippen LogP contribution in [-0.2, 0) is 4.79 Å². The van der Waals surface area contributed by atoms with E-state index in [1.165, 1.54) is 24.7 Å². The second-order valence-electron chi connectivity index (χ2n) is 9.04. The van der Waals surface area contributed by atoms with Crippen molar-refractivity contribution in [1.82, 2.24) is 5.32 Å². The van der Waals surface area contributed by atoms with E-state index in [1.54, 1.807) is 0 Å². The van der Waals surface area contributed by atoms with Crippen molar-refractivity contribution in [3.63, 3.8) is 0 Å². The van der Waals surface area contributed by atoms with Crippen LogP contribution in [0.2, 0.25) is 0 Å². The minimum atomic E-state index is -2.74. The van der Waals surface area contributed by atoms with Crippen LogP contribution in [0.4, 0.5) is 8.78 Å². The van der Waals surface area contributed by atoms with Crippen LogP contribution < -0.4 is 5.32 Å². The zero-order valence-corrected chi connectivity index (χ0v) is 18.9. The largest absolute Gasteiger partial charge is 0.317 e. The smallest absolute Gasteiger partial charge is 0.248 e. The van der Waals surface area contributed by atoms with Gasteiger partial charge in [-0.25, -0.2) is 8.78 Å². The molecule has 4 rings (SSSR count). The molecule has 0 unspecified atom stereocenters. The minimum Gasteiger partial charge on any atom is -0.317 e. The number of carbonyl (C=O) groups excluding carboxylic acids is 1. The Morgan fingerprint density at radius 1 is 1.06 bits per heavy atom. The molecular formula is C26H31F2NOS. The van der Waals surface area contributed by atoms with Crippen LogP contribution in [0, 0.1) is 11.8 Å². The lowest BCUT2D eigenvalue weighted by atomic mass is 9.71. The quantitative estimate of drug-likeness (QED) is 0.513. The predicted molar refractivity (Wildman–Crippen MR) is 124 cm³/mol. The van der Waals surface area contributed by atoms with Gasteiger partial charge in [0.15, 0.2) is 0 Å². The summed E-state index contributed by atoms with van der Waals surface area (Å²) in [4.78, 5) is 13.5. The number of rotatable bonds is 6. The Hall–Kier alpha value is -1.72. The zero-order valence-electron chi connectivity index (χ0n) is 18.1. The Bertz CT molecular complexity index is 893. The Morgan fingerprint density at radius 3 is 2.48 bits per heavy atom. The van der Waals surface area contributed by atoms with Crippen molar-refractivity contribution in [2.45, 2.75) is 55.8 Å². The van der Waals surface area contributed by atoms with Crippen LogP contribution in [0.1, 0.15) is 50.5 Å². The summed E-state index contributed by atoms with van der Waals surface area (Å²) < 4.78 is 28.0. The maximum Gasteiger partial charge on any atom is 0.248 e. The number of Topliss-reactive ketones (excluding diaryl/α,β-unsaturated/α-hetero) is 1. The van der Waals surface area contributed by atoms with Gasteiger partial charge in [0.2, 0.25) is 5.92 Å². The molecule has 0 bridgehead atoms. The number of benzene rings is 2. The molecule has 2 atom stereocenters. The highest BCUT2D eigenvalue weighted by Crippen LogP contribution is 2.47. The van der Waals surface area contributed by atoms with E-state index < -0.39 is 11.8 Å². The molecule has 0 amide bonds. The molecule has 1 saturated carbocycles. The van der Waals surface area contributed by atoms with Crippen molar-refractivity contribution >= 4 is 17.5 Å². The van der Waals surface area contributed by atoms with Crippen molar-refractivity contribution in [2.75, 3.05) is 18.8 Å². The number of carbonyl (C=O) groups is 1. The highest BCUT2D eigenvalue weighted by atomic mass is 32.2. The van der Waals surface area contributed by atoms with Gasteiger partial charge in [-0.05, 0) is 79.9 Å². The summed E-state index contributed by atoms with van der Waals surface area (Å²) in [5.41, 5.74) is 3.16. The van der Waals surface area contributed by atoms with Crippen LogP contribution in [-0.4, -0.2) is 30.5 Å². The lowest BCUT2D eigenvalue weighted by Gasteiger charge is -2.36. The Morgan fingerprint density at radius 2 is 1.77 bits per heavy atom. The highest BCUT2D eigenvalue weighted by molar-refractivity contribution is 7.99. The number of hydrogen-bond donors (Lipinski definition) is 1. The molecule has 2 nitrogen and oxygen atoms in total. The van der Waals surface area contributed by atoms with Crippen molar-refractivity contribution in [2.24, 2.45) is 11.8 Å². The second kappa shape index (κ2) is 9.83. The summed E-state index contributed by atoms with van der Waals surface area (Å²) in [6.45, 7) is 3.70. The Kier molecular flexibility index (Phi) is 7.12. The van der Waals surface area contributed by atoms with Gasteiger partial charge in [-0.15, -0.1) is 11.8 Å². The number of hydrogen-bond acceptors (Lipinski definition) is 3. The maximum atomic E-state index is 14.0. The lowest BCUT2D eigenvalue weighted by Crippen LogP contribution is -2.35. The fourth-order valence-corrected chi connectivity index (χ4v) is 6.10. The van der Waals surface area contributed by atoms with Gasteiger partial charge in [-0.2, -0.15) is 0 Å². The van der Waals surface area contributed by atoms with Gasteiger partial charge in [0.05, 0.1) is 0 Å².